The Balaban J connectivity index is 2.41. The largest absolute Gasteiger partial charge is 0.299 e. The van der Waals surface area contributed by atoms with Crippen LogP contribution in [0.1, 0.15) is 47.9 Å². The molecule has 0 saturated heterocycles. The number of carbonyl (C=O) groups excluding carboxylic acids is 1. The normalized spacial score (nSPS) is 25.1. The van der Waals surface area contributed by atoms with E-state index in [1.54, 1.807) is 0 Å². The number of hydrogen-bond donors (Lipinski definition) is 0. The van der Waals surface area contributed by atoms with Crippen LogP contribution in [0.4, 0.5) is 0 Å². The van der Waals surface area contributed by atoms with E-state index >= 15 is 0 Å². The molecule has 2 unspecified atom stereocenters. The summed E-state index contributed by atoms with van der Waals surface area (Å²) in [4.78, 5) is 11.6. The molecule has 0 amide bonds. The van der Waals surface area contributed by atoms with E-state index in [1.807, 2.05) is 0 Å². The standard InChI is InChI=1S/C15H20O/c1-9-7-11(3)14(8-10(9)2)13-5-6-15(16)12(13)4/h7-8,12-13H,5-6H2,1-4H3. The minimum Gasteiger partial charge on any atom is -0.299 e. The van der Waals surface area contributed by atoms with Crippen molar-refractivity contribution in [2.75, 3.05) is 0 Å². The third-order valence-corrected chi connectivity index (χ3v) is 4.10. The van der Waals surface area contributed by atoms with Crippen LogP contribution in [0.25, 0.3) is 0 Å². The average molecular weight is 216 g/mol. The summed E-state index contributed by atoms with van der Waals surface area (Å²) in [5.74, 6) is 1.09. The number of benzene rings is 1. The highest BCUT2D eigenvalue weighted by Crippen LogP contribution is 2.39. The lowest BCUT2D eigenvalue weighted by atomic mass is 9.85. The Morgan fingerprint density at radius 1 is 1.06 bits per heavy atom. The first-order valence-electron chi connectivity index (χ1n) is 6.11. The van der Waals surface area contributed by atoms with E-state index in [2.05, 4.69) is 39.8 Å². The molecule has 0 aromatic heterocycles. The fourth-order valence-electron chi connectivity index (χ4n) is 2.81. The maximum absolute atomic E-state index is 11.6. The molecule has 2 atom stereocenters. The van der Waals surface area contributed by atoms with Crippen LogP contribution in [0.3, 0.4) is 0 Å². The SMILES string of the molecule is Cc1cc(C)c(C2CCC(=O)C2C)cc1C. The molecule has 1 aliphatic rings. The summed E-state index contributed by atoms with van der Waals surface area (Å²) in [6.07, 6.45) is 1.79. The molecular formula is C15H20O. The molecule has 0 N–H and O–H groups in total. The summed E-state index contributed by atoms with van der Waals surface area (Å²) in [6.45, 7) is 8.54. The highest BCUT2D eigenvalue weighted by Gasteiger charge is 2.32. The van der Waals surface area contributed by atoms with Crippen molar-refractivity contribution in [1.29, 1.82) is 0 Å². The van der Waals surface area contributed by atoms with Gasteiger partial charge in [0.2, 0.25) is 0 Å². The van der Waals surface area contributed by atoms with Crippen LogP contribution in [-0.2, 0) is 4.79 Å². The van der Waals surface area contributed by atoms with E-state index in [0.29, 0.717) is 11.7 Å². The van der Waals surface area contributed by atoms with Crippen molar-refractivity contribution in [3.63, 3.8) is 0 Å². The maximum atomic E-state index is 11.6. The van der Waals surface area contributed by atoms with E-state index in [0.717, 1.165) is 12.8 Å². The van der Waals surface area contributed by atoms with Gasteiger partial charge in [-0.3, -0.25) is 4.79 Å². The number of rotatable bonds is 1. The van der Waals surface area contributed by atoms with Gasteiger partial charge in [0.15, 0.2) is 0 Å². The van der Waals surface area contributed by atoms with Gasteiger partial charge < -0.3 is 0 Å². The van der Waals surface area contributed by atoms with Gasteiger partial charge in [-0.25, -0.2) is 0 Å². The Bertz CT molecular complexity index is 431. The third-order valence-electron chi connectivity index (χ3n) is 4.10. The van der Waals surface area contributed by atoms with Crippen LogP contribution < -0.4 is 0 Å². The van der Waals surface area contributed by atoms with E-state index in [9.17, 15) is 4.79 Å². The van der Waals surface area contributed by atoms with E-state index in [-0.39, 0.29) is 5.92 Å². The van der Waals surface area contributed by atoms with Crippen molar-refractivity contribution in [1.82, 2.24) is 0 Å². The molecular weight excluding hydrogens is 196 g/mol. The second-order valence-corrected chi connectivity index (χ2v) is 5.19. The quantitative estimate of drug-likeness (QED) is 0.699. The fraction of sp³-hybridized carbons (Fsp3) is 0.533. The summed E-state index contributed by atoms with van der Waals surface area (Å²) in [5, 5.41) is 0. The smallest absolute Gasteiger partial charge is 0.136 e. The van der Waals surface area contributed by atoms with Crippen LogP contribution in [0, 0.1) is 26.7 Å². The second-order valence-electron chi connectivity index (χ2n) is 5.19. The molecule has 1 aromatic rings. The Labute approximate surface area is 97.9 Å². The molecule has 0 heterocycles. The Morgan fingerprint density at radius 3 is 2.25 bits per heavy atom. The van der Waals surface area contributed by atoms with Crippen LogP contribution in [0.2, 0.25) is 0 Å². The van der Waals surface area contributed by atoms with Crippen molar-refractivity contribution in [3.8, 4) is 0 Å². The highest BCUT2D eigenvalue weighted by molar-refractivity contribution is 5.84. The monoisotopic (exact) mass is 216 g/mol. The predicted molar refractivity (Wildman–Crippen MR) is 66.8 cm³/mol. The summed E-state index contributed by atoms with van der Waals surface area (Å²) in [7, 11) is 0. The van der Waals surface area contributed by atoms with Gasteiger partial charge in [-0.15, -0.1) is 0 Å². The minimum atomic E-state index is 0.209. The van der Waals surface area contributed by atoms with Crippen LogP contribution in [0.15, 0.2) is 12.1 Å². The van der Waals surface area contributed by atoms with Crippen LogP contribution in [0.5, 0.6) is 0 Å². The number of Topliss-reactive ketones (excluding diaryl/α,β-unsaturated/α-hetero) is 1. The molecule has 2 rings (SSSR count). The Morgan fingerprint density at radius 2 is 1.69 bits per heavy atom. The summed E-state index contributed by atoms with van der Waals surface area (Å²) >= 11 is 0. The zero-order valence-corrected chi connectivity index (χ0v) is 10.6. The van der Waals surface area contributed by atoms with Gasteiger partial charge in [-0.1, -0.05) is 19.1 Å². The first-order valence-corrected chi connectivity index (χ1v) is 6.11. The zero-order valence-electron chi connectivity index (χ0n) is 10.6. The Hall–Kier alpha value is -1.11. The van der Waals surface area contributed by atoms with Gasteiger partial charge in [0.1, 0.15) is 5.78 Å². The van der Waals surface area contributed by atoms with Crippen LogP contribution in [-0.4, -0.2) is 5.78 Å². The van der Waals surface area contributed by atoms with Crippen molar-refractivity contribution >= 4 is 5.78 Å². The lowest BCUT2D eigenvalue weighted by Gasteiger charge is -2.19. The summed E-state index contributed by atoms with van der Waals surface area (Å²) in [6, 6.07) is 4.53. The average Bonchev–Trinajstić information content (AvgIpc) is 2.54. The van der Waals surface area contributed by atoms with Gasteiger partial charge in [0, 0.05) is 12.3 Å². The molecule has 1 heteroatoms. The maximum Gasteiger partial charge on any atom is 0.136 e. The van der Waals surface area contributed by atoms with Gasteiger partial charge >= 0.3 is 0 Å². The number of carbonyl (C=O) groups is 1. The van der Waals surface area contributed by atoms with E-state index in [4.69, 9.17) is 0 Å². The molecule has 86 valence electrons. The topological polar surface area (TPSA) is 17.1 Å². The Kier molecular flexibility index (Phi) is 2.88. The molecule has 1 nitrogen and oxygen atoms in total. The number of ketones is 1. The lowest BCUT2D eigenvalue weighted by molar-refractivity contribution is -0.120. The summed E-state index contributed by atoms with van der Waals surface area (Å²) in [5.41, 5.74) is 5.42. The van der Waals surface area contributed by atoms with Crippen molar-refractivity contribution < 1.29 is 4.79 Å². The molecule has 0 radical (unpaired) electrons. The second kappa shape index (κ2) is 4.04. The zero-order chi connectivity index (χ0) is 11.9. The van der Waals surface area contributed by atoms with Gasteiger partial charge in [0.05, 0.1) is 0 Å². The fourth-order valence-corrected chi connectivity index (χ4v) is 2.81. The minimum absolute atomic E-state index is 0.209. The van der Waals surface area contributed by atoms with Crippen molar-refractivity contribution in [2.24, 2.45) is 5.92 Å². The molecule has 0 spiro atoms. The lowest BCUT2D eigenvalue weighted by Crippen LogP contribution is -2.10. The molecule has 1 saturated carbocycles. The van der Waals surface area contributed by atoms with Crippen molar-refractivity contribution in [3.05, 3.63) is 34.4 Å². The third kappa shape index (κ3) is 1.79. The van der Waals surface area contributed by atoms with Crippen molar-refractivity contribution in [2.45, 2.75) is 46.5 Å². The number of hydrogen-bond acceptors (Lipinski definition) is 1. The molecule has 1 fully saturated rings. The van der Waals surface area contributed by atoms with E-state index in [1.165, 1.54) is 22.3 Å². The number of aryl methyl sites for hydroxylation is 3. The highest BCUT2D eigenvalue weighted by atomic mass is 16.1. The molecule has 16 heavy (non-hydrogen) atoms. The van der Waals surface area contributed by atoms with Gasteiger partial charge in [0.25, 0.3) is 0 Å². The molecule has 1 aliphatic carbocycles. The van der Waals surface area contributed by atoms with Gasteiger partial charge in [-0.2, -0.15) is 0 Å². The first-order chi connectivity index (χ1) is 7.50. The predicted octanol–water partition coefficient (Wildman–Crippen LogP) is 3.69. The molecule has 0 bridgehead atoms. The molecule has 0 aliphatic heterocycles. The molecule has 1 aromatic carbocycles. The van der Waals surface area contributed by atoms with Crippen LogP contribution >= 0.6 is 0 Å². The van der Waals surface area contributed by atoms with E-state index < -0.39 is 0 Å². The van der Waals surface area contributed by atoms with Gasteiger partial charge in [-0.05, 0) is 55.4 Å². The summed E-state index contributed by atoms with van der Waals surface area (Å²) < 4.78 is 0. The first kappa shape index (κ1) is 11.4.